The number of H-pyrrole nitrogens is 1. The average molecular weight is 330 g/mol. The van der Waals surface area contributed by atoms with Crippen molar-refractivity contribution in [3.8, 4) is 0 Å². The molecule has 0 aliphatic heterocycles. The van der Waals surface area contributed by atoms with Gasteiger partial charge in [-0.05, 0) is 33.9 Å². The summed E-state index contributed by atoms with van der Waals surface area (Å²) in [4.78, 5) is 24.8. The Labute approximate surface area is 134 Å². The number of hydrogen-bond donors (Lipinski definition) is 1. The predicted molar refractivity (Wildman–Crippen MR) is 80.7 cm³/mol. The van der Waals surface area contributed by atoms with Crippen LogP contribution in [0.15, 0.2) is 35.7 Å². The number of aromatic amines is 1. The van der Waals surface area contributed by atoms with Gasteiger partial charge in [-0.25, -0.2) is 4.39 Å². The Balaban J connectivity index is 1.75. The van der Waals surface area contributed by atoms with Gasteiger partial charge in [0.05, 0.1) is 0 Å². The molecular formula is C15H11FN4O2S. The maximum Gasteiger partial charge on any atom is 0.269 e. The number of nitrogens with zero attached hydrogens (tertiary/aromatic N) is 3. The van der Waals surface area contributed by atoms with E-state index in [0.717, 1.165) is 4.88 Å². The summed E-state index contributed by atoms with van der Waals surface area (Å²) in [6.07, 6.45) is 0.310. The van der Waals surface area contributed by atoms with Crippen molar-refractivity contribution in [2.24, 2.45) is 0 Å². The molecule has 1 N–H and O–H groups in total. The molecule has 1 aromatic carbocycles. The fraction of sp³-hybridized carbons (Fsp3) is 0.133. The first-order valence-corrected chi connectivity index (χ1v) is 7.62. The highest BCUT2D eigenvalue weighted by Crippen LogP contribution is 2.23. The van der Waals surface area contributed by atoms with Gasteiger partial charge in [-0.1, -0.05) is 18.2 Å². The Morgan fingerprint density at radius 3 is 2.74 bits per heavy atom. The number of Topliss-reactive ketones (excluding diaryl/α,β-unsaturated/α-hetero) is 2. The second-order valence-corrected chi connectivity index (χ2v) is 5.80. The molecule has 0 amide bonds. The van der Waals surface area contributed by atoms with Crippen LogP contribution in [0, 0.1) is 5.82 Å². The van der Waals surface area contributed by atoms with Gasteiger partial charge < -0.3 is 0 Å². The first kappa shape index (κ1) is 15.2. The van der Waals surface area contributed by atoms with Crippen LogP contribution in [-0.2, 0) is 17.6 Å². The third-order valence-electron chi connectivity index (χ3n) is 3.30. The highest BCUT2D eigenvalue weighted by Gasteiger charge is 2.22. The number of thiophene rings is 1. The Morgan fingerprint density at radius 2 is 2.00 bits per heavy atom. The number of halogens is 1. The molecule has 6 nitrogen and oxygen atoms in total. The van der Waals surface area contributed by atoms with Gasteiger partial charge in [0.2, 0.25) is 11.6 Å². The average Bonchev–Trinajstić information content (AvgIpc) is 3.21. The molecule has 0 saturated carbocycles. The van der Waals surface area contributed by atoms with Crippen LogP contribution in [0.3, 0.4) is 0 Å². The number of tetrazole rings is 1. The molecule has 116 valence electrons. The van der Waals surface area contributed by atoms with Gasteiger partial charge in [0.25, 0.3) is 5.78 Å². The fourth-order valence-electron chi connectivity index (χ4n) is 2.13. The largest absolute Gasteiger partial charge is 0.290 e. The Kier molecular flexibility index (Phi) is 4.33. The summed E-state index contributed by atoms with van der Waals surface area (Å²) in [5, 5.41) is 14.2. The van der Waals surface area contributed by atoms with Crippen molar-refractivity contribution in [1.29, 1.82) is 0 Å². The van der Waals surface area contributed by atoms with E-state index in [1.807, 2.05) is 5.38 Å². The van der Waals surface area contributed by atoms with Gasteiger partial charge in [0.1, 0.15) is 5.82 Å². The second-order valence-electron chi connectivity index (χ2n) is 4.80. The van der Waals surface area contributed by atoms with Gasteiger partial charge in [-0.3, -0.25) is 9.59 Å². The lowest BCUT2D eigenvalue weighted by Gasteiger charge is -2.04. The van der Waals surface area contributed by atoms with E-state index in [9.17, 15) is 14.0 Å². The van der Waals surface area contributed by atoms with E-state index < -0.39 is 11.6 Å². The minimum absolute atomic E-state index is 0.0688. The molecule has 0 spiro atoms. The van der Waals surface area contributed by atoms with Gasteiger partial charge in [0.15, 0.2) is 0 Å². The van der Waals surface area contributed by atoms with Crippen molar-refractivity contribution < 1.29 is 14.0 Å². The van der Waals surface area contributed by atoms with Crippen molar-refractivity contribution in [2.45, 2.75) is 12.8 Å². The zero-order chi connectivity index (χ0) is 16.2. The third kappa shape index (κ3) is 3.37. The maximum atomic E-state index is 13.7. The predicted octanol–water partition coefficient (Wildman–Crippen LogP) is 1.99. The minimum atomic E-state index is -0.790. The van der Waals surface area contributed by atoms with E-state index in [-0.39, 0.29) is 18.1 Å². The monoisotopic (exact) mass is 330 g/mol. The van der Waals surface area contributed by atoms with Crippen molar-refractivity contribution in [3.63, 3.8) is 0 Å². The van der Waals surface area contributed by atoms with Crippen LogP contribution in [0.4, 0.5) is 4.39 Å². The summed E-state index contributed by atoms with van der Waals surface area (Å²) < 4.78 is 13.7. The molecule has 0 radical (unpaired) electrons. The van der Waals surface area contributed by atoms with Crippen LogP contribution in [0.5, 0.6) is 0 Å². The molecule has 2 aromatic heterocycles. The van der Waals surface area contributed by atoms with Crippen molar-refractivity contribution in [3.05, 3.63) is 63.4 Å². The van der Waals surface area contributed by atoms with Crippen LogP contribution in [0.2, 0.25) is 0 Å². The summed E-state index contributed by atoms with van der Waals surface area (Å²) in [5.41, 5.74) is 1.26. The minimum Gasteiger partial charge on any atom is -0.290 e. The zero-order valence-corrected chi connectivity index (χ0v) is 12.6. The highest BCUT2D eigenvalue weighted by atomic mass is 32.1. The molecule has 0 aliphatic carbocycles. The molecule has 8 heteroatoms. The third-order valence-corrected chi connectivity index (χ3v) is 4.26. The van der Waals surface area contributed by atoms with E-state index in [2.05, 4.69) is 20.6 Å². The van der Waals surface area contributed by atoms with Crippen LogP contribution in [0.1, 0.15) is 26.6 Å². The van der Waals surface area contributed by atoms with Crippen molar-refractivity contribution in [2.75, 3.05) is 0 Å². The maximum absolute atomic E-state index is 13.7. The highest BCUT2D eigenvalue weighted by molar-refractivity contribution is 7.10. The topological polar surface area (TPSA) is 88.6 Å². The number of ketones is 2. The molecule has 0 saturated heterocycles. The number of benzene rings is 1. The molecule has 0 fully saturated rings. The van der Waals surface area contributed by atoms with Crippen LogP contribution in [0.25, 0.3) is 0 Å². The summed E-state index contributed by atoms with van der Waals surface area (Å²) >= 11 is 1.42. The molecule has 0 unspecified atom stereocenters. The van der Waals surface area contributed by atoms with E-state index in [1.54, 1.807) is 24.3 Å². The zero-order valence-electron chi connectivity index (χ0n) is 11.8. The fourth-order valence-corrected chi connectivity index (χ4v) is 3.06. The Bertz CT molecular complexity index is 845. The number of rotatable bonds is 6. The number of aromatic nitrogens is 4. The smallest absolute Gasteiger partial charge is 0.269 e. The lowest BCUT2D eigenvalue weighted by atomic mass is 10.0. The SMILES string of the molecule is O=C(Cc1ccsc1Cc1ccccc1F)C(=O)c1nn[nH]n1. The summed E-state index contributed by atoms with van der Waals surface area (Å²) in [5.74, 6) is -1.96. The molecule has 0 bridgehead atoms. The van der Waals surface area contributed by atoms with Crippen molar-refractivity contribution >= 4 is 22.9 Å². The van der Waals surface area contributed by atoms with Gasteiger partial charge in [0, 0.05) is 17.7 Å². The quantitative estimate of drug-likeness (QED) is 0.551. The lowest BCUT2D eigenvalue weighted by molar-refractivity contribution is -0.114. The molecule has 23 heavy (non-hydrogen) atoms. The molecule has 0 aliphatic rings. The first-order valence-electron chi connectivity index (χ1n) is 6.75. The van der Waals surface area contributed by atoms with Gasteiger partial charge in [-0.2, -0.15) is 5.21 Å². The second kappa shape index (κ2) is 6.57. The van der Waals surface area contributed by atoms with E-state index in [0.29, 0.717) is 17.5 Å². The van der Waals surface area contributed by atoms with Crippen molar-refractivity contribution in [1.82, 2.24) is 20.6 Å². The molecule has 3 aromatic rings. The molecule has 2 heterocycles. The summed E-state index contributed by atoms with van der Waals surface area (Å²) in [6, 6.07) is 8.25. The lowest BCUT2D eigenvalue weighted by Crippen LogP contribution is -2.18. The number of carbonyl (C=O) groups is 2. The molecule has 3 rings (SSSR count). The van der Waals surface area contributed by atoms with E-state index >= 15 is 0 Å². The normalized spacial score (nSPS) is 10.7. The molecular weight excluding hydrogens is 319 g/mol. The van der Waals surface area contributed by atoms with Crippen LogP contribution < -0.4 is 0 Å². The Morgan fingerprint density at radius 1 is 1.17 bits per heavy atom. The Hall–Kier alpha value is -2.74. The number of carbonyl (C=O) groups excluding carboxylic acids is 2. The molecule has 0 atom stereocenters. The number of nitrogens with one attached hydrogen (secondary N) is 1. The van der Waals surface area contributed by atoms with Gasteiger partial charge >= 0.3 is 0 Å². The van der Waals surface area contributed by atoms with Crippen LogP contribution in [-0.4, -0.2) is 32.2 Å². The standard InChI is InChI=1S/C15H11FN4O2S/c16-11-4-2-1-3-9(11)8-13-10(5-6-23-13)7-12(21)14(22)15-17-19-20-18-15/h1-6H,7-8H2,(H,17,18,19,20). The summed E-state index contributed by atoms with van der Waals surface area (Å²) in [7, 11) is 0. The van der Waals surface area contributed by atoms with E-state index in [1.165, 1.54) is 17.4 Å². The number of hydrogen-bond acceptors (Lipinski definition) is 6. The summed E-state index contributed by atoms with van der Waals surface area (Å²) in [6.45, 7) is 0. The van der Waals surface area contributed by atoms with Crippen LogP contribution >= 0.6 is 11.3 Å². The first-order chi connectivity index (χ1) is 11.1. The van der Waals surface area contributed by atoms with Gasteiger partial charge in [-0.15, -0.1) is 21.5 Å². The van der Waals surface area contributed by atoms with E-state index in [4.69, 9.17) is 0 Å².